The van der Waals surface area contributed by atoms with Gasteiger partial charge in [-0.3, -0.25) is 0 Å². The first kappa shape index (κ1) is 11.2. The van der Waals surface area contributed by atoms with Crippen LogP contribution in [0.25, 0.3) is 10.8 Å². The minimum Gasteiger partial charge on any atom is -0.324 e. The van der Waals surface area contributed by atoms with E-state index in [4.69, 9.17) is 5.73 Å². The van der Waals surface area contributed by atoms with Gasteiger partial charge in [0.2, 0.25) is 0 Å². The Morgan fingerprint density at radius 2 is 1.64 bits per heavy atom. The second-order valence-corrected chi connectivity index (χ2v) is 3.36. The van der Waals surface area contributed by atoms with Crippen molar-refractivity contribution in [2.45, 2.75) is 13.0 Å². The Hall–Kier alpha value is -0.860. The second kappa shape index (κ2) is 4.58. The van der Waals surface area contributed by atoms with E-state index in [1.807, 2.05) is 19.1 Å². The molecule has 2 aromatic carbocycles. The number of nitrogens with two attached hydrogens (primary N) is 1. The zero-order chi connectivity index (χ0) is 9.26. The molecule has 0 amide bonds. The van der Waals surface area contributed by atoms with Crippen LogP contribution >= 0.6 is 17.0 Å². The van der Waals surface area contributed by atoms with Crippen molar-refractivity contribution in [2.75, 3.05) is 0 Å². The summed E-state index contributed by atoms with van der Waals surface area (Å²) in [5.74, 6) is 0. The molecule has 74 valence electrons. The average Bonchev–Trinajstić information content (AvgIpc) is 2.17. The molecular weight excluding hydrogens is 238 g/mol. The number of halogens is 1. The average molecular weight is 252 g/mol. The van der Waals surface area contributed by atoms with Gasteiger partial charge in [-0.2, -0.15) is 0 Å². The fraction of sp³-hybridized carbons (Fsp3) is 0.167. The minimum absolute atomic E-state index is 0. The van der Waals surface area contributed by atoms with Crippen LogP contribution in [0, 0.1) is 0 Å². The molecule has 0 saturated heterocycles. The standard InChI is InChI=1S/C12H13N.BrH/c1-9(13)11-8-4-6-10-5-2-3-7-12(10)11;/h2-9H,13H2,1H3;1H. The summed E-state index contributed by atoms with van der Waals surface area (Å²) in [6, 6.07) is 14.7. The predicted molar refractivity (Wildman–Crippen MR) is 66.9 cm³/mol. The summed E-state index contributed by atoms with van der Waals surface area (Å²) in [5, 5.41) is 2.53. The summed E-state index contributed by atoms with van der Waals surface area (Å²) >= 11 is 0. The molecule has 2 N–H and O–H groups in total. The first-order valence-electron chi connectivity index (χ1n) is 4.52. The van der Waals surface area contributed by atoms with Gasteiger partial charge in [-0.15, -0.1) is 17.0 Å². The Bertz CT molecular complexity index is 418. The van der Waals surface area contributed by atoms with Gasteiger partial charge < -0.3 is 5.73 Å². The zero-order valence-electron chi connectivity index (χ0n) is 8.10. The van der Waals surface area contributed by atoms with E-state index in [-0.39, 0.29) is 23.0 Å². The van der Waals surface area contributed by atoms with Crippen molar-refractivity contribution in [3.05, 3.63) is 48.0 Å². The molecule has 0 saturated carbocycles. The Balaban J connectivity index is 0.000000980. The van der Waals surface area contributed by atoms with Crippen LogP contribution in [0.1, 0.15) is 18.5 Å². The molecule has 0 spiro atoms. The molecule has 2 heteroatoms. The number of hydrogen-bond donors (Lipinski definition) is 1. The molecule has 0 fully saturated rings. The van der Waals surface area contributed by atoms with Gasteiger partial charge in [-0.1, -0.05) is 42.5 Å². The van der Waals surface area contributed by atoms with Crippen molar-refractivity contribution in [1.29, 1.82) is 0 Å². The molecule has 1 atom stereocenters. The highest BCUT2D eigenvalue weighted by molar-refractivity contribution is 8.93. The van der Waals surface area contributed by atoms with Crippen LogP contribution in [0.4, 0.5) is 0 Å². The maximum atomic E-state index is 5.88. The van der Waals surface area contributed by atoms with Gasteiger partial charge in [0.25, 0.3) is 0 Å². The van der Waals surface area contributed by atoms with Gasteiger partial charge in [0, 0.05) is 6.04 Å². The molecule has 2 aromatic rings. The van der Waals surface area contributed by atoms with E-state index in [2.05, 4.69) is 30.3 Å². The summed E-state index contributed by atoms with van der Waals surface area (Å²) in [4.78, 5) is 0. The van der Waals surface area contributed by atoms with Crippen molar-refractivity contribution in [3.8, 4) is 0 Å². The summed E-state index contributed by atoms with van der Waals surface area (Å²) in [5.41, 5.74) is 7.10. The van der Waals surface area contributed by atoms with Crippen LogP contribution in [0.3, 0.4) is 0 Å². The zero-order valence-corrected chi connectivity index (χ0v) is 9.82. The Morgan fingerprint density at radius 3 is 2.36 bits per heavy atom. The molecule has 1 nitrogen and oxygen atoms in total. The topological polar surface area (TPSA) is 26.0 Å². The van der Waals surface area contributed by atoms with E-state index in [0.29, 0.717) is 0 Å². The molecular formula is C12H14BrN. The normalized spacial score (nSPS) is 12.1. The lowest BCUT2D eigenvalue weighted by molar-refractivity contribution is 0.827. The van der Waals surface area contributed by atoms with E-state index < -0.39 is 0 Å². The van der Waals surface area contributed by atoms with Gasteiger partial charge in [-0.05, 0) is 23.3 Å². The van der Waals surface area contributed by atoms with Crippen molar-refractivity contribution in [2.24, 2.45) is 5.73 Å². The fourth-order valence-electron chi connectivity index (χ4n) is 1.65. The Labute approximate surface area is 94.7 Å². The minimum atomic E-state index is 0. The molecule has 2 rings (SSSR count). The van der Waals surface area contributed by atoms with Crippen LogP contribution in [0.2, 0.25) is 0 Å². The highest BCUT2D eigenvalue weighted by Crippen LogP contribution is 2.22. The second-order valence-electron chi connectivity index (χ2n) is 3.36. The van der Waals surface area contributed by atoms with Crippen LogP contribution in [0.15, 0.2) is 42.5 Å². The first-order valence-corrected chi connectivity index (χ1v) is 4.52. The van der Waals surface area contributed by atoms with Gasteiger partial charge >= 0.3 is 0 Å². The van der Waals surface area contributed by atoms with E-state index in [1.54, 1.807) is 0 Å². The highest BCUT2D eigenvalue weighted by atomic mass is 79.9. The van der Waals surface area contributed by atoms with Gasteiger partial charge in [0.05, 0.1) is 0 Å². The molecule has 0 bridgehead atoms. The number of fused-ring (bicyclic) bond motifs is 1. The van der Waals surface area contributed by atoms with Crippen LogP contribution in [-0.2, 0) is 0 Å². The van der Waals surface area contributed by atoms with E-state index in [9.17, 15) is 0 Å². The van der Waals surface area contributed by atoms with Crippen LogP contribution in [0.5, 0.6) is 0 Å². The van der Waals surface area contributed by atoms with Crippen LogP contribution < -0.4 is 5.73 Å². The monoisotopic (exact) mass is 251 g/mol. The summed E-state index contributed by atoms with van der Waals surface area (Å²) < 4.78 is 0. The largest absolute Gasteiger partial charge is 0.324 e. The van der Waals surface area contributed by atoms with Gasteiger partial charge in [0.1, 0.15) is 0 Å². The third kappa shape index (κ3) is 1.97. The summed E-state index contributed by atoms with van der Waals surface area (Å²) in [7, 11) is 0. The molecule has 0 aliphatic carbocycles. The maximum absolute atomic E-state index is 5.88. The van der Waals surface area contributed by atoms with Gasteiger partial charge in [0.15, 0.2) is 0 Å². The van der Waals surface area contributed by atoms with Crippen molar-refractivity contribution in [1.82, 2.24) is 0 Å². The molecule has 0 aliphatic rings. The quantitative estimate of drug-likeness (QED) is 0.826. The maximum Gasteiger partial charge on any atom is 0.0272 e. The van der Waals surface area contributed by atoms with Crippen LogP contribution in [-0.4, -0.2) is 0 Å². The van der Waals surface area contributed by atoms with E-state index >= 15 is 0 Å². The Kier molecular flexibility index (Phi) is 3.67. The molecule has 0 heterocycles. The summed E-state index contributed by atoms with van der Waals surface area (Å²) in [6.07, 6.45) is 0. The van der Waals surface area contributed by atoms with E-state index in [0.717, 1.165) is 0 Å². The third-order valence-corrected chi connectivity index (χ3v) is 2.31. The highest BCUT2D eigenvalue weighted by Gasteiger charge is 2.02. The number of rotatable bonds is 1. The Morgan fingerprint density at radius 1 is 1.00 bits per heavy atom. The number of hydrogen-bond acceptors (Lipinski definition) is 1. The molecule has 0 radical (unpaired) electrons. The first-order chi connectivity index (χ1) is 6.29. The lowest BCUT2D eigenvalue weighted by Crippen LogP contribution is -2.05. The predicted octanol–water partition coefficient (Wildman–Crippen LogP) is 3.44. The van der Waals surface area contributed by atoms with Crippen molar-refractivity contribution in [3.63, 3.8) is 0 Å². The number of benzene rings is 2. The molecule has 0 aromatic heterocycles. The molecule has 0 aliphatic heterocycles. The van der Waals surface area contributed by atoms with E-state index in [1.165, 1.54) is 16.3 Å². The molecule has 14 heavy (non-hydrogen) atoms. The lowest BCUT2D eigenvalue weighted by Gasteiger charge is -2.09. The van der Waals surface area contributed by atoms with Gasteiger partial charge in [-0.25, -0.2) is 0 Å². The summed E-state index contributed by atoms with van der Waals surface area (Å²) in [6.45, 7) is 2.02. The van der Waals surface area contributed by atoms with Crippen molar-refractivity contribution < 1.29 is 0 Å². The lowest BCUT2D eigenvalue weighted by atomic mass is 10.0. The smallest absolute Gasteiger partial charge is 0.0272 e. The van der Waals surface area contributed by atoms with Crippen molar-refractivity contribution >= 4 is 27.8 Å². The fourth-order valence-corrected chi connectivity index (χ4v) is 1.65. The molecule has 1 unspecified atom stereocenters. The SMILES string of the molecule is Br.CC(N)c1cccc2ccccc12. The third-order valence-electron chi connectivity index (χ3n) is 2.31.